The third kappa shape index (κ3) is 2.82. The van der Waals surface area contributed by atoms with Crippen LogP contribution in [0.15, 0.2) is 42.7 Å². The van der Waals surface area contributed by atoms with Crippen LogP contribution in [0.2, 0.25) is 0 Å². The van der Waals surface area contributed by atoms with Crippen molar-refractivity contribution in [2.75, 3.05) is 18.0 Å². The van der Waals surface area contributed by atoms with Gasteiger partial charge < -0.3 is 9.30 Å². The molecule has 1 saturated heterocycles. The van der Waals surface area contributed by atoms with Crippen molar-refractivity contribution in [3.63, 3.8) is 0 Å². The topological polar surface area (TPSA) is 57.9 Å². The minimum Gasteiger partial charge on any atom is -0.369 e. The first-order valence-corrected chi connectivity index (χ1v) is 10.9. The molecule has 0 N–H and O–H groups in total. The highest BCUT2D eigenvalue weighted by molar-refractivity contribution is 6.21. The van der Waals surface area contributed by atoms with Crippen molar-refractivity contribution >= 4 is 23.1 Å². The molecule has 6 rings (SSSR count). The van der Waals surface area contributed by atoms with E-state index in [9.17, 15) is 9.59 Å². The lowest BCUT2D eigenvalue weighted by Crippen LogP contribution is -2.30. The Bertz CT molecular complexity index is 1140. The number of fused-ring (bicyclic) bond motifs is 2. The number of carbonyl (C=O) groups is 2. The summed E-state index contributed by atoms with van der Waals surface area (Å²) >= 11 is 0. The number of benzene rings is 1. The molecule has 2 aromatic heterocycles. The molecule has 0 bridgehead atoms. The number of imidazole rings is 1. The van der Waals surface area contributed by atoms with E-state index >= 15 is 0 Å². The van der Waals surface area contributed by atoms with Crippen LogP contribution in [0.1, 0.15) is 70.0 Å². The van der Waals surface area contributed by atoms with Gasteiger partial charge in [0.15, 0.2) is 5.65 Å². The van der Waals surface area contributed by atoms with Gasteiger partial charge in [-0.25, -0.2) is 4.98 Å². The molecule has 1 aliphatic carbocycles. The van der Waals surface area contributed by atoms with Crippen LogP contribution in [-0.2, 0) is 6.54 Å². The molecule has 1 aromatic carbocycles. The number of pyridine rings is 1. The van der Waals surface area contributed by atoms with Gasteiger partial charge in [-0.2, -0.15) is 0 Å². The zero-order valence-corrected chi connectivity index (χ0v) is 16.9. The number of hydrogen-bond donors (Lipinski definition) is 0. The van der Waals surface area contributed by atoms with Gasteiger partial charge in [0.25, 0.3) is 11.8 Å². The summed E-state index contributed by atoms with van der Waals surface area (Å²) in [6.45, 7) is 2.32. The number of amides is 2. The van der Waals surface area contributed by atoms with Crippen molar-refractivity contribution in [2.24, 2.45) is 0 Å². The van der Waals surface area contributed by atoms with Gasteiger partial charge in [0.05, 0.1) is 29.1 Å². The Hall–Kier alpha value is -3.15. The van der Waals surface area contributed by atoms with E-state index in [1.165, 1.54) is 48.3 Å². The highest BCUT2D eigenvalue weighted by atomic mass is 16.2. The summed E-state index contributed by atoms with van der Waals surface area (Å²) in [4.78, 5) is 34.2. The Balaban J connectivity index is 1.37. The van der Waals surface area contributed by atoms with Crippen LogP contribution >= 0.6 is 0 Å². The Morgan fingerprint density at radius 2 is 1.63 bits per heavy atom. The molecule has 1 saturated carbocycles. The lowest BCUT2D eigenvalue weighted by Gasteiger charge is -2.29. The summed E-state index contributed by atoms with van der Waals surface area (Å²) < 4.78 is 2.10. The van der Waals surface area contributed by atoms with E-state index in [1.54, 1.807) is 24.3 Å². The Morgan fingerprint density at radius 3 is 2.30 bits per heavy atom. The van der Waals surface area contributed by atoms with Gasteiger partial charge in [0.1, 0.15) is 0 Å². The fourth-order valence-electron chi connectivity index (χ4n) is 4.78. The summed E-state index contributed by atoms with van der Waals surface area (Å²) in [6.07, 6.45) is 10.4. The Kier molecular flexibility index (Phi) is 3.94. The summed E-state index contributed by atoms with van der Waals surface area (Å²) in [6, 6.07) is 9.34. The largest absolute Gasteiger partial charge is 0.369 e. The molecule has 30 heavy (non-hydrogen) atoms. The molecule has 6 heteroatoms. The molecule has 4 heterocycles. The van der Waals surface area contributed by atoms with Gasteiger partial charge >= 0.3 is 0 Å². The normalized spacial score (nSPS) is 19.1. The summed E-state index contributed by atoms with van der Waals surface area (Å²) in [5.74, 6) is 0.185. The predicted octanol–water partition coefficient (Wildman–Crippen LogP) is 4.00. The number of aromatic nitrogens is 2. The first-order chi connectivity index (χ1) is 14.7. The molecular formula is C24H24N4O2. The Morgan fingerprint density at radius 1 is 0.933 bits per heavy atom. The van der Waals surface area contributed by atoms with Crippen LogP contribution in [0.3, 0.4) is 0 Å². The second-order valence-electron chi connectivity index (χ2n) is 8.69. The van der Waals surface area contributed by atoms with E-state index < -0.39 is 0 Å². The molecule has 3 aromatic rings. The number of piperidine rings is 1. The lowest BCUT2D eigenvalue weighted by molar-refractivity contribution is 0.0640. The fraction of sp³-hybridized carbons (Fsp3) is 0.375. The van der Waals surface area contributed by atoms with Crippen molar-refractivity contribution in [3.8, 4) is 0 Å². The number of anilines is 1. The quantitative estimate of drug-likeness (QED) is 0.621. The van der Waals surface area contributed by atoms with Crippen LogP contribution in [-0.4, -0.2) is 39.2 Å². The molecule has 0 radical (unpaired) electrons. The van der Waals surface area contributed by atoms with Gasteiger partial charge in [-0.05, 0) is 61.8 Å². The van der Waals surface area contributed by atoms with Crippen molar-refractivity contribution in [2.45, 2.75) is 44.6 Å². The fourth-order valence-corrected chi connectivity index (χ4v) is 4.78. The van der Waals surface area contributed by atoms with Gasteiger partial charge in [0, 0.05) is 25.5 Å². The van der Waals surface area contributed by atoms with Crippen molar-refractivity contribution in [1.82, 2.24) is 14.3 Å². The first-order valence-electron chi connectivity index (χ1n) is 10.9. The average molecular weight is 400 g/mol. The zero-order chi connectivity index (χ0) is 20.2. The van der Waals surface area contributed by atoms with Crippen LogP contribution in [0, 0.1) is 0 Å². The minimum absolute atomic E-state index is 0.201. The molecule has 2 amide bonds. The van der Waals surface area contributed by atoms with E-state index in [4.69, 9.17) is 4.98 Å². The molecule has 2 aliphatic heterocycles. The van der Waals surface area contributed by atoms with E-state index in [2.05, 4.69) is 21.6 Å². The standard InChI is InChI=1S/C24H24N4O2/c29-23-19-6-2-3-7-20(19)24(30)28(23)15-18-14-27-13-17(16-8-9-16)12-21(22(27)25-18)26-10-4-1-5-11-26/h2-3,6-7,12-14,16H,1,4-5,8-11,15H2. The highest BCUT2D eigenvalue weighted by Crippen LogP contribution is 2.42. The number of carbonyl (C=O) groups excluding carboxylic acids is 2. The van der Waals surface area contributed by atoms with Crippen molar-refractivity contribution in [3.05, 3.63) is 65.1 Å². The maximum atomic E-state index is 12.8. The number of imide groups is 1. The lowest BCUT2D eigenvalue weighted by atomic mass is 10.1. The minimum atomic E-state index is -0.234. The molecule has 6 nitrogen and oxygen atoms in total. The average Bonchev–Trinajstić information content (AvgIpc) is 3.51. The van der Waals surface area contributed by atoms with Crippen LogP contribution < -0.4 is 4.90 Å². The third-order valence-corrected chi connectivity index (χ3v) is 6.55. The van der Waals surface area contributed by atoms with E-state index in [1.807, 2.05) is 6.20 Å². The maximum absolute atomic E-state index is 12.8. The summed E-state index contributed by atoms with van der Waals surface area (Å²) in [5.41, 5.74) is 5.19. The second kappa shape index (κ2) is 6.69. The molecular weight excluding hydrogens is 376 g/mol. The van der Waals surface area contributed by atoms with Crippen LogP contribution in [0.25, 0.3) is 5.65 Å². The van der Waals surface area contributed by atoms with E-state index in [0.29, 0.717) is 17.0 Å². The third-order valence-electron chi connectivity index (χ3n) is 6.55. The first kappa shape index (κ1) is 17.7. The Labute approximate surface area is 175 Å². The van der Waals surface area contributed by atoms with E-state index in [-0.39, 0.29) is 18.4 Å². The van der Waals surface area contributed by atoms with Gasteiger partial charge in [-0.1, -0.05) is 12.1 Å². The van der Waals surface area contributed by atoms with E-state index in [0.717, 1.165) is 24.4 Å². The monoisotopic (exact) mass is 400 g/mol. The SMILES string of the molecule is O=C1c2ccccc2C(=O)N1Cc1cn2cc(C3CC3)cc(N3CCCCC3)c2n1. The zero-order valence-electron chi connectivity index (χ0n) is 16.9. The summed E-state index contributed by atoms with van der Waals surface area (Å²) in [7, 11) is 0. The van der Waals surface area contributed by atoms with Crippen molar-refractivity contribution < 1.29 is 9.59 Å². The number of nitrogens with zero attached hydrogens (tertiary/aromatic N) is 4. The smallest absolute Gasteiger partial charge is 0.261 e. The molecule has 152 valence electrons. The molecule has 3 aliphatic rings. The van der Waals surface area contributed by atoms with Crippen LogP contribution in [0.5, 0.6) is 0 Å². The molecule has 0 atom stereocenters. The number of rotatable bonds is 4. The second-order valence-corrected chi connectivity index (χ2v) is 8.69. The van der Waals surface area contributed by atoms with Crippen LogP contribution in [0.4, 0.5) is 5.69 Å². The van der Waals surface area contributed by atoms with Gasteiger partial charge in [-0.15, -0.1) is 0 Å². The maximum Gasteiger partial charge on any atom is 0.261 e. The van der Waals surface area contributed by atoms with Gasteiger partial charge in [-0.3, -0.25) is 14.5 Å². The van der Waals surface area contributed by atoms with Crippen molar-refractivity contribution in [1.29, 1.82) is 0 Å². The molecule has 2 fully saturated rings. The number of hydrogen-bond acceptors (Lipinski definition) is 4. The predicted molar refractivity (Wildman–Crippen MR) is 114 cm³/mol. The summed E-state index contributed by atoms with van der Waals surface area (Å²) in [5, 5.41) is 0. The molecule has 0 unspecified atom stereocenters. The molecule has 0 spiro atoms. The van der Waals surface area contributed by atoms with Gasteiger partial charge in [0.2, 0.25) is 0 Å². The highest BCUT2D eigenvalue weighted by Gasteiger charge is 2.35.